The van der Waals surface area contributed by atoms with Crippen LogP contribution in [0.5, 0.6) is 0 Å². The molecule has 3 aromatic carbocycles. The van der Waals surface area contributed by atoms with E-state index >= 15 is 0 Å². The lowest BCUT2D eigenvalue weighted by Gasteiger charge is -2.27. The molecule has 5 aromatic rings. The van der Waals surface area contributed by atoms with Crippen molar-refractivity contribution in [3.05, 3.63) is 125 Å². The Morgan fingerprint density at radius 3 is 1.95 bits per heavy atom. The zero-order chi connectivity index (χ0) is 28.2. The first-order valence-electron chi connectivity index (χ1n) is 14.9. The van der Waals surface area contributed by atoms with E-state index in [0.717, 1.165) is 55.2 Å². The molecule has 1 aliphatic rings. The van der Waals surface area contributed by atoms with E-state index in [1.54, 1.807) is 7.11 Å². The second kappa shape index (κ2) is 12.3. The third-order valence-corrected chi connectivity index (χ3v) is 8.03. The SMILES string of the molecule is COC(c1ccccc1)c1nc2c(N(Cc3ccccc3)Cc3ccccc3)nc3c(c2n1CC(C)C)CCCC3. The largest absolute Gasteiger partial charge is 0.369 e. The average molecular weight is 545 g/mol. The van der Waals surface area contributed by atoms with Gasteiger partial charge in [-0.2, -0.15) is 0 Å². The van der Waals surface area contributed by atoms with Crippen molar-refractivity contribution >= 4 is 16.9 Å². The number of ether oxygens (including phenoxy) is 1. The van der Waals surface area contributed by atoms with Crippen LogP contribution >= 0.6 is 0 Å². The summed E-state index contributed by atoms with van der Waals surface area (Å²) in [7, 11) is 1.79. The van der Waals surface area contributed by atoms with Crippen molar-refractivity contribution in [1.82, 2.24) is 14.5 Å². The van der Waals surface area contributed by atoms with E-state index in [0.29, 0.717) is 5.92 Å². The van der Waals surface area contributed by atoms with Crippen molar-refractivity contribution in [3.63, 3.8) is 0 Å². The first-order valence-corrected chi connectivity index (χ1v) is 14.9. The summed E-state index contributed by atoms with van der Waals surface area (Å²) in [5.74, 6) is 2.39. The van der Waals surface area contributed by atoms with E-state index in [1.807, 2.05) is 0 Å². The van der Waals surface area contributed by atoms with Gasteiger partial charge in [-0.1, -0.05) is 105 Å². The Morgan fingerprint density at radius 1 is 0.780 bits per heavy atom. The normalized spacial score (nSPS) is 13.9. The van der Waals surface area contributed by atoms with Crippen molar-refractivity contribution in [2.45, 2.75) is 65.3 Å². The topological polar surface area (TPSA) is 43.2 Å². The molecule has 0 radical (unpaired) electrons. The number of fused-ring (bicyclic) bond motifs is 3. The number of nitrogens with zero attached hydrogens (tertiary/aromatic N) is 4. The molecular formula is C36H40N4O. The van der Waals surface area contributed by atoms with Gasteiger partial charge < -0.3 is 14.2 Å². The lowest BCUT2D eigenvalue weighted by Crippen LogP contribution is -2.25. The predicted octanol–water partition coefficient (Wildman–Crippen LogP) is 7.91. The van der Waals surface area contributed by atoms with Gasteiger partial charge in [0.05, 0.1) is 5.52 Å². The fourth-order valence-corrected chi connectivity index (χ4v) is 6.18. The molecule has 2 heterocycles. The van der Waals surface area contributed by atoms with Crippen molar-refractivity contribution in [2.24, 2.45) is 5.92 Å². The smallest absolute Gasteiger partial charge is 0.157 e. The molecule has 0 N–H and O–H groups in total. The van der Waals surface area contributed by atoms with E-state index in [2.05, 4.69) is 114 Å². The van der Waals surface area contributed by atoms with E-state index in [1.165, 1.54) is 40.7 Å². The van der Waals surface area contributed by atoms with Crippen LogP contribution in [0.4, 0.5) is 5.82 Å². The Balaban J connectivity index is 1.59. The molecule has 0 fully saturated rings. The van der Waals surface area contributed by atoms with Crippen LogP contribution in [0, 0.1) is 5.92 Å². The molecule has 5 heteroatoms. The van der Waals surface area contributed by atoms with E-state index in [4.69, 9.17) is 14.7 Å². The highest BCUT2D eigenvalue weighted by Gasteiger charge is 2.29. The van der Waals surface area contributed by atoms with Crippen molar-refractivity contribution in [2.75, 3.05) is 12.0 Å². The molecule has 210 valence electrons. The van der Waals surface area contributed by atoms with E-state index in [9.17, 15) is 0 Å². The van der Waals surface area contributed by atoms with Crippen LogP contribution in [0.25, 0.3) is 11.0 Å². The lowest BCUT2D eigenvalue weighted by atomic mass is 9.94. The minimum Gasteiger partial charge on any atom is -0.369 e. The maximum Gasteiger partial charge on any atom is 0.157 e. The first kappa shape index (κ1) is 27.2. The minimum atomic E-state index is -0.258. The van der Waals surface area contributed by atoms with Gasteiger partial charge in [0.15, 0.2) is 5.82 Å². The first-order chi connectivity index (χ1) is 20.1. The summed E-state index contributed by atoms with van der Waals surface area (Å²) in [6.07, 6.45) is 4.17. The number of hydrogen-bond acceptors (Lipinski definition) is 4. The number of imidazole rings is 1. The maximum absolute atomic E-state index is 6.19. The summed E-state index contributed by atoms with van der Waals surface area (Å²) in [6, 6.07) is 31.9. The molecule has 0 spiro atoms. The van der Waals surface area contributed by atoms with Gasteiger partial charge in [0.2, 0.25) is 0 Å². The fourth-order valence-electron chi connectivity index (χ4n) is 6.18. The molecule has 1 unspecified atom stereocenters. The summed E-state index contributed by atoms with van der Waals surface area (Å²) < 4.78 is 8.65. The molecule has 1 atom stereocenters. The molecule has 0 saturated heterocycles. The van der Waals surface area contributed by atoms with Gasteiger partial charge in [-0.15, -0.1) is 0 Å². The zero-order valence-electron chi connectivity index (χ0n) is 24.5. The van der Waals surface area contributed by atoms with Crippen LogP contribution in [0.15, 0.2) is 91.0 Å². The Hall–Kier alpha value is -3.96. The van der Waals surface area contributed by atoms with Crippen molar-refractivity contribution < 1.29 is 4.74 Å². The molecule has 1 aliphatic carbocycles. The highest BCUT2D eigenvalue weighted by Crippen LogP contribution is 2.38. The molecular weight excluding hydrogens is 504 g/mol. The highest BCUT2D eigenvalue weighted by atomic mass is 16.5. The van der Waals surface area contributed by atoms with E-state index in [-0.39, 0.29) is 6.10 Å². The van der Waals surface area contributed by atoms with Crippen LogP contribution in [0.2, 0.25) is 0 Å². The second-order valence-electron chi connectivity index (χ2n) is 11.6. The highest BCUT2D eigenvalue weighted by molar-refractivity contribution is 5.91. The summed E-state index contributed by atoms with van der Waals surface area (Å²) >= 11 is 0. The third kappa shape index (κ3) is 5.77. The summed E-state index contributed by atoms with van der Waals surface area (Å²) in [5, 5.41) is 0. The van der Waals surface area contributed by atoms with Crippen LogP contribution in [-0.4, -0.2) is 21.6 Å². The molecule has 0 bridgehead atoms. The van der Waals surface area contributed by atoms with Crippen LogP contribution in [0.1, 0.15) is 66.6 Å². The number of benzene rings is 3. The van der Waals surface area contributed by atoms with Crippen molar-refractivity contribution in [1.29, 1.82) is 0 Å². The van der Waals surface area contributed by atoms with Gasteiger partial charge in [0, 0.05) is 32.4 Å². The maximum atomic E-state index is 6.19. The monoisotopic (exact) mass is 544 g/mol. The van der Waals surface area contributed by atoms with Gasteiger partial charge >= 0.3 is 0 Å². The summed E-state index contributed by atoms with van der Waals surface area (Å²) in [4.78, 5) is 13.3. The molecule has 0 amide bonds. The number of aryl methyl sites for hydroxylation is 2. The van der Waals surface area contributed by atoms with Gasteiger partial charge in [0.25, 0.3) is 0 Å². The number of anilines is 1. The number of pyridine rings is 1. The summed E-state index contributed by atoms with van der Waals surface area (Å²) in [5.41, 5.74) is 8.48. The van der Waals surface area contributed by atoms with E-state index < -0.39 is 0 Å². The Bertz CT molecular complexity index is 1540. The van der Waals surface area contributed by atoms with Crippen LogP contribution < -0.4 is 4.90 Å². The molecule has 5 nitrogen and oxygen atoms in total. The molecule has 41 heavy (non-hydrogen) atoms. The van der Waals surface area contributed by atoms with Gasteiger partial charge in [-0.3, -0.25) is 0 Å². The number of rotatable bonds is 10. The van der Waals surface area contributed by atoms with Crippen molar-refractivity contribution in [3.8, 4) is 0 Å². The minimum absolute atomic E-state index is 0.258. The second-order valence-corrected chi connectivity index (χ2v) is 11.6. The van der Waals surface area contributed by atoms with Crippen LogP contribution in [-0.2, 0) is 37.2 Å². The van der Waals surface area contributed by atoms with Gasteiger partial charge in [0.1, 0.15) is 17.4 Å². The number of aromatic nitrogens is 3. The van der Waals surface area contributed by atoms with Gasteiger partial charge in [-0.05, 0) is 53.9 Å². The molecule has 0 saturated carbocycles. The quantitative estimate of drug-likeness (QED) is 0.179. The standard InChI is InChI=1S/C36H40N4O/c1-26(2)23-40-33-30-21-13-14-22-31(30)37-35(32(33)38-36(40)34(41-3)29-19-11-6-12-20-29)39(24-27-15-7-4-8-16-27)25-28-17-9-5-10-18-28/h4-12,15-20,26,34H,13-14,21-25H2,1-3H3. The summed E-state index contributed by atoms with van der Waals surface area (Å²) in [6.45, 7) is 6.97. The average Bonchev–Trinajstić information content (AvgIpc) is 3.37. The predicted molar refractivity (Wildman–Crippen MR) is 167 cm³/mol. The number of hydrogen-bond donors (Lipinski definition) is 0. The van der Waals surface area contributed by atoms with Crippen LogP contribution in [0.3, 0.4) is 0 Å². The lowest BCUT2D eigenvalue weighted by molar-refractivity contribution is 0.125. The molecule has 0 aliphatic heterocycles. The Morgan fingerprint density at radius 2 is 1.37 bits per heavy atom. The number of methoxy groups -OCH3 is 1. The molecule has 2 aromatic heterocycles. The third-order valence-electron chi connectivity index (χ3n) is 8.03. The van der Waals surface area contributed by atoms with Gasteiger partial charge in [-0.25, -0.2) is 9.97 Å². The Labute approximate surface area is 243 Å². The Kier molecular flexibility index (Phi) is 8.15. The zero-order valence-corrected chi connectivity index (χ0v) is 24.5. The fraction of sp³-hybridized carbons (Fsp3) is 0.333. The molecule has 6 rings (SSSR count).